The molecule has 1 heterocycles. The summed E-state index contributed by atoms with van der Waals surface area (Å²) in [5, 5.41) is 14.9. The van der Waals surface area contributed by atoms with Gasteiger partial charge in [-0.1, -0.05) is 0 Å². The highest BCUT2D eigenvalue weighted by atomic mass is 32.2. The van der Waals surface area contributed by atoms with E-state index in [1.165, 1.54) is 26.3 Å². The zero-order valence-electron chi connectivity index (χ0n) is 12.8. The van der Waals surface area contributed by atoms with Crippen molar-refractivity contribution < 1.29 is 18.1 Å². The molecule has 10 heteroatoms. The van der Waals surface area contributed by atoms with Crippen LogP contribution in [0.1, 0.15) is 5.56 Å². The van der Waals surface area contributed by atoms with Gasteiger partial charge in [-0.15, -0.1) is 0 Å². The van der Waals surface area contributed by atoms with E-state index in [0.717, 1.165) is 10.4 Å². The van der Waals surface area contributed by atoms with Crippen molar-refractivity contribution in [1.82, 2.24) is 14.1 Å². The Morgan fingerprint density at radius 3 is 2.65 bits per heavy atom. The number of sulfonamides is 1. The van der Waals surface area contributed by atoms with E-state index in [9.17, 15) is 18.5 Å². The molecule has 0 fully saturated rings. The topological polar surface area (TPSA) is 108 Å². The molecule has 0 saturated heterocycles. The molecule has 2 aromatic rings. The molecule has 2 rings (SSSR count). The third-order valence-electron chi connectivity index (χ3n) is 3.21. The van der Waals surface area contributed by atoms with Crippen LogP contribution in [-0.2, 0) is 23.6 Å². The first kappa shape index (κ1) is 16.9. The first-order chi connectivity index (χ1) is 10.8. The van der Waals surface area contributed by atoms with E-state index in [-0.39, 0.29) is 22.9 Å². The number of non-ortho nitro benzene ring substituents is 1. The quantitative estimate of drug-likeness (QED) is 0.577. The van der Waals surface area contributed by atoms with Crippen LogP contribution in [0.25, 0.3) is 0 Å². The number of hydrogen-bond donors (Lipinski definition) is 0. The van der Waals surface area contributed by atoms with Crippen molar-refractivity contribution in [2.75, 3.05) is 14.2 Å². The summed E-state index contributed by atoms with van der Waals surface area (Å²) >= 11 is 0. The van der Waals surface area contributed by atoms with Crippen molar-refractivity contribution in [3.05, 3.63) is 46.3 Å². The number of nitrogens with zero attached hydrogens (tertiary/aromatic N) is 4. The highest BCUT2D eigenvalue weighted by Crippen LogP contribution is 2.30. The molecule has 9 nitrogen and oxygen atoms in total. The molecule has 1 aromatic carbocycles. The SMILES string of the molecule is COc1ccc([N+](=O)[O-])cc1S(=O)(=O)N(C)Cc1cnn(C)c1. The lowest BCUT2D eigenvalue weighted by atomic mass is 10.3. The second-order valence-corrected chi connectivity index (χ2v) is 6.89. The van der Waals surface area contributed by atoms with E-state index >= 15 is 0 Å². The zero-order valence-corrected chi connectivity index (χ0v) is 13.6. The molecule has 1 aromatic heterocycles. The normalized spacial score (nSPS) is 11.7. The predicted octanol–water partition coefficient (Wildman–Crippen LogP) is 1.16. The van der Waals surface area contributed by atoms with Gasteiger partial charge in [0.2, 0.25) is 10.0 Å². The van der Waals surface area contributed by atoms with Crippen LogP contribution in [0.2, 0.25) is 0 Å². The molecule has 0 bridgehead atoms. The van der Waals surface area contributed by atoms with Gasteiger partial charge >= 0.3 is 0 Å². The minimum atomic E-state index is -3.96. The van der Waals surface area contributed by atoms with Gasteiger partial charge in [-0.2, -0.15) is 9.40 Å². The Kier molecular flexibility index (Phi) is 4.66. The van der Waals surface area contributed by atoms with Gasteiger partial charge in [-0.3, -0.25) is 14.8 Å². The van der Waals surface area contributed by atoms with Gasteiger partial charge in [0.15, 0.2) is 0 Å². The third-order valence-corrected chi connectivity index (χ3v) is 5.03. The van der Waals surface area contributed by atoms with Gasteiger partial charge in [-0.25, -0.2) is 8.42 Å². The molecular weight excluding hydrogens is 324 g/mol. The number of methoxy groups -OCH3 is 1. The van der Waals surface area contributed by atoms with Crippen LogP contribution < -0.4 is 4.74 Å². The summed E-state index contributed by atoms with van der Waals surface area (Å²) in [5.74, 6) is 0.0497. The average Bonchev–Trinajstić information content (AvgIpc) is 2.91. The van der Waals surface area contributed by atoms with Gasteiger partial charge in [0.05, 0.1) is 18.2 Å². The smallest absolute Gasteiger partial charge is 0.271 e. The first-order valence-corrected chi connectivity index (χ1v) is 7.96. The van der Waals surface area contributed by atoms with Gasteiger partial charge in [0.1, 0.15) is 10.6 Å². The number of aryl methyl sites for hydroxylation is 1. The number of ether oxygens (including phenoxy) is 1. The first-order valence-electron chi connectivity index (χ1n) is 6.52. The van der Waals surface area contributed by atoms with Crippen molar-refractivity contribution in [2.24, 2.45) is 7.05 Å². The molecule has 0 N–H and O–H groups in total. The largest absolute Gasteiger partial charge is 0.495 e. The Morgan fingerprint density at radius 2 is 2.13 bits per heavy atom. The molecule has 0 radical (unpaired) electrons. The average molecular weight is 340 g/mol. The van der Waals surface area contributed by atoms with Crippen molar-refractivity contribution >= 4 is 15.7 Å². The lowest BCUT2D eigenvalue weighted by molar-refractivity contribution is -0.385. The molecule has 124 valence electrons. The van der Waals surface area contributed by atoms with Gasteiger partial charge < -0.3 is 4.74 Å². The van der Waals surface area contributed by atoms with Crippen molar-refractivity contribution in [3.63, 3.8) is 0 Å². The Bertz CT molecular complexity index is 831. The maximum Gasteiger partial charge on any atom is 0.271 e. The number of hydrogen-bond acceptors (Lipinski definition) is 6. The molecule has 23 heavy (non-hydrogen) atoms. The van der Waals surface area contributed by atoms with Crippen LogP contribution in [0, 0.1) is 10.1 Å². The lowest BCUT2D eigenvalue weighted by Gasteiger charge is -2.18. The summed E-state index contributed by atoms with van der Waals surface area (Å²) in [5.41, 5.74) is 0.377. The van der Waals surface area contributed by atoms with Crippen LogP contribution >= 0.6 is 0 Å². The minimum Gasteiger partial charge on any atom is -0.495 e. The lowest BCUT2D eigenvalue weighted by Crippen LogP contribution is -2.26. The van der Waals surface area contributed by atoms with E-state index in [1.807, 2.05) is 0 Å². The zero-order chi connectivity index (χ0) is 17.2. The van der Waals surface area contributed by atoms with Crippen LogP contribution in [0.5, 0.6) is 5.75 Å². The predicted molar refractivity (Wildman–Crippen MR) is 81.5 cm³/mol. The van der Waals surface area contributed by atoms with Crippen LogP contribution in [0.3, 0.4) is 0 Å². The highest BCUT2D eigenvalue weighted by molar-refractivity contribution is 7.89. The molecule has 0 saturated carbocycles. The number of nitro groups is 1. The Hall–Kier alpha value is -2.46. The van der Waals surface area contributed by atoms with Crippen molar-refractivity contribution in [3.8, 4) is 5.75 Å². The fourth-order valence-electron chi connectivity index (χ4n) is 2.04. The summed E-state index contributed by atoms with van der Waals surface area (Å²) in [6, 6.07) is 3.45. The molecule has 0 aliphatic carbocycles. The number of benzene rings is 1. The highest BCUT2D eigenvalue weighted by Gasteiger charge is 2.27. The molecule has 0 aliphatic rings. The second kappa shape index (κ2) is 6.34. The second-order valence-electron chi connectivity index (χ2n) is 4.88. The summed E-state index contributed by atoms with van der Waals surface area (Å²) < 4.78 is 33.1. The molecule has 0 atom stereocenters. The van der Waals surface area contributed by atoms with E-state index in [0.29, 0.717) is 5.56 Å². The summed E-state index contributed by atoms with van der Waals surface area (Å²) in [6.07, 6.45) is 3.24. The van der Waals surface area contributed by atoms with Crippen molar-refractivity contribution in [2.45, 2.75) is 11.4 Å². The van der Waals surface area contributed by atoms with Crippen LogP contribution in [0.4, 0.5) is 5.69 Å². The number of nitro benzene ring substituents is 1. The number of rotatable bonds is 6. The van der Waals surface area contributed by atoms with E-state index in [4.69, 9.17) is 4.74 Å². The van der Waals surface area contributed by atoms with Gasteiger partial charge in [-0.05, 0) is 6.07 Å². The fraction of sp³-hybridized carbons (Fsp3) is 0.308. The Morgan fingerprint density at radius 1 is 1.43 bits per heavy atom. The van der Waals surface area contributed by atoms with Crippen LogP contribution in [-0.4, -0.2) is 41.6 Å². The molecular formula is C13H16N4O5S. The fourth-order valence-corrected chi connectivity index (χ4v) is 3.37. The third kappa shape index (κ3) is 3.48. The molecule has 0 aliphatic heterocycles. The summed E-state index contributed by atoms with van der Waals surface area (Å²) in [6.45, 7) is 0.0853. The molecule has 0 unspecified atom stereocenters. The minimum absolute atomic E-state index is 0.0497. The van der Waals surface area contributed by atoms with Crippen molar-refractivity contribution in [1.29, 1.82) is 0 Å². The maximum absolute atomic E-state index is 12.7. The summed E-state index contributed by atoms with van der Waals surface area (Å²) in [4.78, 5) is 9.99. The summed E-state index contributed by atoms with van der Waals surface area (Å²) in [7, 11) is 0.460. The van der Waals surface area contributed by atoms with E-state index in [2.05, 4.69) is 5.10 Å². The van der Waals surface area contributed by atoms with E-state index in [1.54, 1.807) is 24.1 Å². The maximum atomic E-state index is 12.7. The Labute approximate surface area is 133 Å². The van der Waals surface area contributed by atoms with E-state index < -0.39 is 14.9 Å². The Balaban J connectivity index is 2.41. The molecule has 0 spiro atoms. The molecule has 0 amide bonds. The van der Waals surface area contributed by atoms with Crippen LogP contribution in [0.15, 0.2) is 35.5 Å². The van der Waals surface area contributed by atoms with Gasteiger partial charge in [0.25, 0.3) is 5.69 Å². The monoisotopic (exact) mass is 340 g/mol. The standard InChI is InChI=1S/C13H16N4O5S/c1-15-8-10(7-14-15)9-16(2)23(20,21)13-6-11(17(18)19)4-5-12(13)22-3/h4-8H,9H2,1-3H3. The number of aromatic nitrogens is 2. The van der Waals surface area contributed by atoms with Gasteiger partial charge in [0, 0.05) is 44.5 Å².